The highest BCUT2D eigenvalue weighted by molar-refractivity contribution is 7.99. The van der Waals surface area contributed by atoms with Crippen molar-refractivity contribution in [1.29, 1.82) is 0 Å². The fraction of sp³-hybridized carbons (Fsp3) is 0.316. The Bertz CT molecular complexity index is 862. The number of hydrogen-bond acceptors (Lipinski definition) is 5. The summed E-state index contributed by atoms with van der Waals surface area (Å²) in [6.07, 6.45) is 1.69. The van der Waals surface area contributed by atoms with Gasteiger partial charge in [-0.05, 0) is 18.7 Å². The first-order valence-corrected chi connectivity index (χ1v) is 9.57. The first-order chi connectivity index (χ1) is 12.2. The topological polar surface area (TPSA) is 57.0 Å². The number of carbonyl (C=O) groups is 1. The molecule has 0 amide bonds. The predicted octanol–water partition coefficient (Wildman–Crippen LogP) is 4.03. The van der Waals surface area contributed by atoms with Gasteiger partial charge in [-0.25, -0.2) is 14.5 Å². The fourth-order valence-corrected chi connectivity index (χ4v) is 3.11. The molecule has 0 bridgehead atoms. The average Bonchev–Trinajstić information content (AvgIpc) is 3.08. The Kier molecular flexibility index (Phi) is 5.71. The van der Waals surface area contributed by atoms with E-state index in [0.29, 0.717) is 24.4 Å². The second-order valence-corrected chi connectivity index (χ2v) is 6.85. The smallest absolute Gasteiger partial charge is 0.339 e. The molecule has 0 aliphatic carbocycles. The molecule has 130 valence electrons. The van der Waals surface area contributed by atoms with Gasteiger partial charge in [0.2, 0.25) is 0 Å². The summed E-state index contributed by atoms with van der Waals surface area (Å²) in [6, 6.07) is 11.6. The molecule has 0 N–H and O–H groups in total. The van der Waals surface area contributed by atoms with Crippen LogP contribution in [0.3, 0.4) is 0 Å². The molecule has 0 fully saturated rings. The minimum Gasteiger partial charge on any atom is -0.461 e. The maximum atomic E-state index is 12.6. The molecule has 3 rings (SSSR count). The zero-order valence-corrected chi connectivity index (χ0v) is 15.3. The lowest BCUT2D eigenvalue weighted by molar-refractivity contribution is 0.0532. The number of nitrogens with zero attached hydrogens (tertiary/aromatic N) is 3. The monoisotopic (exact) mass is 355 g/mol. The molecule has 1 aromatic carbocycles. The van der Waals surface area contributed by atoms with E-state index in [1.165, 1.54) is 0 Å². The van der Waals surface area contributed by atoms with Crippen LogP contribution in [0.1, 0.15) is 24.2 Å². The highest BCUT2D eigenvalue weighted by Gasteiger charge is 2.18. The molecule has 0 aliphatic heterocycles. The molecule has 0 radical (unpaired) electrons. The van der Waals surface area contributed by atoms with Gasteiger partial charge in [0, 0.05) is 17.9 Å². The van der Waals surface area contributed by atoms with E-state index in [2.05, 4.69) is 12.0 Å². The number of esters is 1. The van der Waals surface area contributed by atoms with Gasteiger partial charge < -0.3 is 4.74 Å². The second kappa shape index (κ2) is 8.16. The molecule has 0 unspecified atom stereocenters. The van der Waals surface area contributed by atoms with Crippen LogP contribution in [-0.4, -0.2) is 38.8 Å². The highest BCUT2D eigenvalue weighted by Crippen LogP contribution is 2.25. The zero-order chi connectivity index (χ0) is 17.6. The van der Waals surface area contributed by atoms with Crippen LogP contribution in [0.25, 0.3) is 22.3 Å². The molecule has 0 saturated heterocycles. The molecule has 0 saturated carbocycles. The summed E-state index contributed by atoms with van der Waals surface area (Å²) < 4.78 is 7.24. The van der Waals surface area contributed by atoms with Gasteiger partial charge in [-0.2, -0.15) is 16.9 Å². The van der Waals surface area contributed by atoms with Gasteiger partial charge in [-0.3, -0.25) is 0 Å². The predicted molar refractivity (Wildman–Crippen MR) is 102 cm³/mol. The van der Waals surface area contributed by atoms with Crippen LogP contribution in [0.15, 0.2) is 42.6 Å². The Morgan fingerprint density at radius 2 is 2.04 bits per heavy atom. The van der Waals surface area contributed by atoms with E-state index in [1.807, 2.05) is 37.3 Å². The van der Waals surface area contributed by atoms with E-state index < -0.39 is 0 Å². The van der Waals surface area contributed by atoms with E-state index in [9.17, 15) is 4.79 Å². The van der Waals surface area contributed by atoms with Crippen LogP contribution >= 0.6 is 11.8 Å². The molecule has 6 heteroatoms. The zero-order valence-electron chi connectivity index (χ0n) is 14.4. The van der Waals surface area contributed by atoms with Crippen LogP contribution in [0.4, 0.5) is 0 Å². The van der Waals surface area contributed by atoms with Crippen molar-refractivity contribution >= 4 is 28.8 Å². The lowest BCUT2D eigenvalue weighted by Gasteiger charge is -2.09. The van der Waals surface area contributed by atoms with Crippen molar-refractivity contribution in [3.63, 3.8) is 0 Å². The van der Waals surface area contributed by atoms with Crippen LogP contribution in [0.2, 0.25) is 0 Å². The lowest BCUT2D eigenvalue weighted by Crippen LogP contribution is -2.09. The number of aryl methyl sites for hydroxylation is 1. The number of rotatable bonds is 7. The van der Waals surface area contributed by atoms with Crippen molar-refractivity contribution in [2.45, 2.75) is 20.4 Å². The number of hydrogen-bond donors (Lipinski definition) is 0. The van der Waals surface area contributed by atoms with Gasteiger partial charge in [0.25, 0.3) is 0 Å². The van der Waals surface area contributed by atoms with Gasteiger partial charge in [0.1, 0.15) is 6.61 Å². The molecule has 0 spiro atoms. The van der Waals surface area contributed by atoms with Gasteiger partial charge in [-0.1, -0.05) is 37.3 Å². The standard InChI is InChI=1S/C19H21N3O2S/c1-3-22-18-16(13-20-22)15(19(23)24-10-11-25-4-2)12-17(21-18)14-8-6-5-7-9-14/h5-9,12-13H,3-4,10-11H2,1-2H3. The normalized spacial score (nSPS) is 11.0. The number of pyridine rings is 1. The molecule has 2 heterocycles. The van der Waals surface area contributed by atoms with E-state index in [-0.39, 0.29) is 5.97 Å². The first-order valence-electron chi connectivity index (χ1n) is 8.41. The first kappa shape index (κ1) is 17.5. The third-order valence-corrected chi connectivity index (χ3v) is 4.73. The summed E-state index contributed by atoms with van der Waals surface area (Å²) in [5.74, 6) is 1.49. The number of ether oxygens (including phenoxy) is 1. The van der Waals surface area contributed by atoms with Crippen LogP contribution < -0.4 is 0 Å². The summed E-state index contributed by atoms with van der Waals surface area (Å²) in [7, 11) is 0. The van der Waals surface area contributed by atoms with E-state index in [1.54, 1.807) is 28.7 Å². The van der Waals surface area contributed by atoms with E-state index in [0.717, 1.165) is 28.1 Å². The molecule has 5 nitrogen and oxygen atoms in total. The lowest BCUT2D eigenvalue weighted by atomic mass is 10.1. The van der Waals surface area contributed by atoms with Gasteiger partial charge in [-0.15, -0.1) is 0 Å². The van der Waals surface area contributed by atoms with Gasteiger partial charge in [0.15, 0.2) is 5.65 Å². The van der Waals surface area contributed by atoms with Crippen LogP contribution in [-0.2, 0) is 11.3 Å². The Labute approximate surface area is 151 Å². The average molecular weight is 355 g/mol. The van der Waals surface area contributed by atoms with Crippen molar-refractivity contribution in [2.75, 3.05) is 18.1 Å². The highest BCUT2D eigenvalue weighted by atomic mass is 32.2. The fourth-order valence-electron chi connectivity index (χ4n) is 2.62. The van der Waals surface area contributed by atoms with E-state index in [4.69, 9.17) is 9.72 Å². The quantitative estimate of drug-likeness (QED) is 0.473. The summed E-state index contributed by atoms with van der Waals surface area (Å²) >= 11 is 1.75. The number of benzene rings is 1. The summed E-state index contributed by atoms with van der Waals surface area (Å²) in [6.45, 7) is 5.19. The van der Waals surface area contributed by atoms with Crippen LogP contribution in [0.5, 0.6) is 0 Å². The number of aromatic nitrogens is 3. The SMILES string of the molecule is CCSCCOC(=O)c1cc(-c2ccccc2)nc2c1cnn2CC. The third-order valence-electron chi connectivity index (χ3n) is 3.86. The Balaban J connectivity index is 2.01. The molecule has 3 aromatic rings. The second-order valence-electron chi connectivity index (χ2n) is 5.45. The largest absolute Gasteiger partial charge is 0.461 e. The number of fused-ring (bicyclic) bond motifs is 1. The minimum atomic E-state index is -0.322. The maximum absolute atomic E-state index is 12.6. The van der Waals surface area contributed by atoms with Gasteiger partial charge >= 0.3 is 5.97 Å². The Morgan fingerprint density at radius 1 is 1.24 bits per heavy atom. The Morgan fingerprint density at radius 3 is 2.76 bits per heavy atom. The number of carbonyl (C=O) groups excluding carboxylic acids is 1. The van der Waals surface area contributed by atoms with Crippen molar-refractivity contribution < 1.29 is 9.53 Å². The maximum Gasteiger partial charge on any atom is 0.339 e. The molecule has 0 aliphatic rings. The van der Waals surface area contributed by atoms with Crippen LogP contribution in [0, 0.1) is 0 Å². The summed E-state index contributed by atoms with van der Waals surface area (Å²) in [4.78, 5) is 17.3. The summed E-state index contributed by atoms with van der Waals surface area (Å²) in [5.41, 5.74) is 2.94. The summed E-state index contributed by atoms with van der Waals surface area (Å²) in [5, 5.41) is 5.07. The third kappa shape index (κ3) is 3.85. The van der Waals surface area contributed by atoms with Crippen molar-refractivity contribution in [3.05, 3.63) is 48.2 Å². The molecular weight excluding hydrogens is 334 g/mol. The van der Waals surface area contributed by atoms with E-state index >= 15 is 0 Å². The minimum absolute atomic E-state index is 0.322. The Hall–Kier alpha value is -2.34. The van der Waals surface area contributed by atoms with Crippen molar-refractivity contribution in [2.24, 2.45) is 0 Å². The van der Waals surface area contributed by atoms with Gasteiger partial charge in [0.05, 0.1) is 22.8 Å². The molecular formula is C19H21N3O2S. The molecule has 25 heavy (non-hydrogen) atoms. The van der Waals surface area contributed by atoms with Crippen molar-refractivity contribution in [1.82, 2.24) is 14.8 Å². The molecule has 0 atom stereocenters. The number of thioether (sulfide) groups is 1. The molecule has 2 aromatic heterocycles. The van der Waals surface area contributed by atoms with Crippen molar-refractivity contribution in [3.8, 4) is 11.3 Å².